The number of nitrogens with two attached hydrogens (primary N) is 1. The van der Waals surface area contributed by atoms with E-state index in [1.165, 1.54) is 49.8 Å². The molecule has 1 fully saturated rings. The van der Waals surface area contributed by atoms with Gasteiger partial charge in [-0.2, -0.15) is 0 Å². The first-order valence-electron chi connectivity index (χ1n) is 7.83. The summed E-state index contributed by atoms with van der Waals surface area (Å²) >= 11 is 5.26. The van der Waals surface area contributed by atoms with Crippen molar-refractivity contribution in [2.75, 3.05) is 18.0 Å². The van der Waals surface area contributed by atoms with Gasteiger partial charge in [0, 0.05) is 18.8 Å². The number of pyridine rings is 1. The molecule has 1 aliphatic heterocycles. The highest BCUT2D eigenvalue weighted by molar-refractivity contribution is 7.80. The van der Waals surface area contributed by atoms with Crippen molar-refractivity contribution in [3.8, 4) is 0 Å². The third-order valence-electron chi connectivity index (χ3n) is 4.45. The molecule has 1 aliphatic carbocycles. The van der Waals surface area contributed by atoms with Gasteiger partial charge in [0.15, 0.2) is 0 Å². The molecule has 108 valence electrons. The van der Waals surface area contributed by atoms with Crippen molar-refractivity contribution in [1.82, 2.24) is 4.98 Å². The fourth-order valence-electron chi connectivity index (χ4n) is 3.34. The Bertz CT molecular complexity index is 505. The molecular formula is C16H23N3S. The standard InChI is InChI=1S/C16H23N3S/c17-15(20)13-11-12-7-6-8-14(12)18-16(13)19-9-4-2-1-3-5-10-19/h11H,1-10H2,(H2,17,20). The fraction of sp³-hybridized carbons (Fsp3) is 0.625. The first kappa shape index (κ1) is 13.8. The third kappa shape index (κ3) is 2.80. The van der Waals surface area contributed by atoms with Crippen molar-refractivity contribution in [2.45, 2.75) is 51.4 Å². The smallest absolute Gasteiger partial charge is 0.139 e. The molecule has 2 aliphatic rings. The van der Waals surface area contributed by atoms with Gasteiger partial charge in [-0.15, -0.1) is 0 Å². The van der Waals surface area contributed by atoms with E-state index in [9.17, 15) is 0 Å². The van der Waals surface area contributed by atoms with Crippen molar-refractivity contribution < 1.29 is 0 Å². The second-order valence-corrected chi connectivity index (χ2v) is 6.38. The van der Waals surface area contributed by atoms with Crippen molar-refractivity contribution in [2.24, 2.45) is 5.73 Å². The lowest BCUT2D eigenvalue weighted by Gasteiger charge is -2.28. The Morgan fingerprint density at radius 1 is 1.05 bits per heavy atom. The Kier molecular flexibility index (Phi) is 4.20. The Morgan fingerprint density at radius 3 is 2.45 bits per heavy atom. The molecule has 0 atom stereocenters. The molecule has 0 bridgehead atoms. The van der Waals surface area contributed by atoms with Crippen LogP contribution in [-0.4, -0.2) is 23.1 Å². The minimum absolute atomic E-state index is 0.490. The van der Waals surface area contributed by atoms with Crippen LogP contribution in [0.15, 0.2) is 6.07 Å². The number of rotatable bonds is 2. The monoisotopic (exact) mass is 289 g/mol. The first-order chi connectivity index (χ1) is 9.75. The topological polar surface area (TPSA) is 42.1 Å². The zero-order chi connectivity index (χ0) is 13.9. The van der Waals surface area contributed by atoms with Gasteiger partial charge < -0.3 is 10.6 Å². The van der Waals surface area contributed by atoms with Crippen LogP contribution in [0.25, 0.3) is 0 Å². The van der Waals surface area contributed by atoms with Gasteiger partial charge >= 0.3 is 0 Å². The largest absolute Gasteiger partial charge is 0.389 e. The lowest BCUT2D eigenvalue weighted by Crippen LogP contribution is -2.30. The molecule has 1 aromatic rings. The van der Waals surface area contributed by atoms with Crippen molar-refractivity contribution in [3.63, 3.8) is 0 Å². The number of hydrogen-bond acceptors (Lipinski definition) is 3. The summed E-state index contributed by atoms with van der Waals surface area (Å²) in [5.41, 5.74) is 9.55. The molecule has 1 saturated heterocycles. The summed E-state index contributed by atoms with van der Waals surface area (Å²) in [5.74, 6) is 1.04. The Morgan fingerprint density at radius 2 is 1.75 bits per heavy atom. The number of fused-ring (bicyclic) bond motifs is 1. The zero-order valence-electron chi connectivity index (χ0n) is 12.0. The summed E-state index contributed by atoms with van der Waals surface area (Å²) in [6.07, 6.45) is 9.95. The summed E-state index contributed by atoms with van der Waals surface area (Å²) in [6.45, 7) is 2.17. The third-order valence-corrected chi connectivity index (χ3v) is 4.67. The average Bonchev–Trinajstić information content (AvgIpc) is 2.84. The highest BCUT2D eigenvalue weighted by Gasteiger charge is 2.21. The quantitative estimate of drug-likeness (QED) is 0.850. The molecule has 0 radical (unpaired) electrons. The predicted molar refractivity (Wildman–Crippen MR) is 87.4 cm³/mol. The number of aromatic nitrogens is 1. The molecule has 3 rings (SSSR count). The van der Waals surface area contributed by atoms with Gasteiger partial charge in [-0.1, -0.05) is 31.5 Å². The van der Waals surface area contributed by atoms with E-state index in [-0.39, 0.29) is 0 Å². The van der Waals surface area contributed by atoms with Crippen LogP contribution in [0.4, 0.5) is 5.82 Å². The Hall–Kier alpha value is -1.16. The van der Waals surface area contributed by atoms with Crippen LogP contribution in [0.5, 0.6) is 0 Å². The van der Waals surface area contributed by atoms with E-state index in [4.69, 9.17) is 22.9 Å². The summed E-state index contributed by atoms with van der Waals surface area (Å²) < 4.78 is 0. The number of aryl methyl sites for hydroxylation is 2. The van der Waals surface area contributed by atoms with Crippen LogP contribution < -0.4 is 10.6 Å². The van der Waals surface area contributed by atoms with Gasteiger partial charge in [-0.3, -0.25) is 0 Å². The van der Waals surface area contributed by atoms with Crippen molar-refractivity contribution >= 4 is 23.0 Å². The number of anilines is 1. The summed E-state index contributed by atoms with van der Waals surface area (Å²) in [4.78, 5) is 7.83. The van der Waals surface area contributed by atoms with Gasteiger partial charge in [-0.05, 0) is 43.7 Å². The summed E-state index contributed by atoms with van der Waals surface area (Å²) in [7, 11) is 0. The molecule has 0 amide bonds. The number of thiocarbonyl (C=S) groups is 1. The molecule has 0 unspecified atom stereocenters. The van der Waals surface area contributed by atoms with Crippen LogP contribution in [-0.2, 0) is 12.8 Å². The molecule has 1 aromatic heterocycles. The molecule has 0 saturated carbocycles. The second-order valence-electron chi connectivity index (χ2n) is 5.94. The molecule has 4 heteroatoms. The van der Waals surface area contributed by atoms with E-state index in [1.54, 1.807) is 0 Å². The molecule has 20 heavy (non-hydrogen) atoms. The van der Waals surface area contributed by atoms with Crippen molar-refractivity contribution in [1.29, 1.82) is 0 Å². The maximum absolute atomic E-state index is 5.95. The number of nitrogens with zero attached hydrogens (tertiary/aromatic N) is 2. The minimum Gasteiger partial charge on any atom is -0.389 e. The molecule has 0 aromatic carbocycles. The van der Waals surface area contributed by atoms with Gasteiger partial charge in [0.05, 0.1) is 5.56 Å². The normalized spacial score (nSPS) is 19.3. The van der Waals surface area contributed by atoms with E-state index in [0.29, 0.717) is 4.99 Å². The minimum atomic E-state index is 0.490. The second kappa shape index (κ2) is 6.08. The van der Waals surface area contributed by atoms with E-state index in [1.807, 2.05) is 0 Å². The van der Waals surface area contributed by atoms with Gasteiger partial charge in [-0.25, -0.2) is 4.98 Å². The van der Waals surface area contributed by atoms with Gasteiger partial charge in [0.2, 0.25) is 0 Å². The molecule has 2 heterocycles. The summed E-state index contributed by atoms with van der Waals surface area (Å²) in [5, 5.41) is 0. The van der Waals surface area contributed by atoms with Gasteiger partial charge in [0.1, 0.15) is 10.8 Å². The van der Waals surface area contributed by atoms with E-state index in [0.717, 1.165) is 37.3 Å². The first-order valence-corrected chi connectivity index (χ1v) is 8.24. The molecule has 3 nitrogen and oxygen atoms in total. The molecule has 0 spiro atoms. The van der Waals surface area contributed by atoms with Crippen LogP contribution in [0.2, 0.25) is 0 Å². The van der Waals surface area contributed by atoms with E-state index >= 15 is 0 Å². The van der Waals surface area contributed by atoms with Crippen LogP contribution in [0.1, 0.15) is 55.3 Å². The number of hydrogen-bond donors (Lipinski definition) is 1. The van der Waals surface area contributed by atoms with Crippen LogP contribution >= 0.6 is 12.2 Å². The lowest BCUT2D eigenvalue weighted by molar-refractivity contribution is 0.553. The fourth-order valence-corrected chi connectivity index (χ4v) is 3.49. The highest BCUT2D eigenvalue weighted by atomic mass is 32.1. The average molecular weight is 289 g/mol. The SMILES string of the molecule is NC(=S)c1cc2c(nc1N1CCCCCCC1)CCC2. The van der Waals surface area contributed by atoms with Crippen molar-refractivity contribution in [3.05, 3.63) is 22.9 Å². The molecular weight excluding hydrogens is 266 g/mol. The lowest BCUT2D eigenvalue weighted by atomic mass is 10.1. The maximum Gasteiger partial charge on any atom is 0.139 e. The highest BCUT2D eigenvalue weighted by Crippen LogP contribution is 2.28. The summed E-state index contributed by atoms with van der Waals surface area (Å²) in [6, 6.07) is 2.20. The zero-order valence-corrected chi connectivity index (χ0v) is 12.8. The van der Waals surface area contributed by atoms with E-state index in [2.05, 4.69) is 11.0 Å². The Labute approximate surface area is 126 Å². The van der Waals surface area contributed by atoms with Gasteiger partial charge in [0.25, 0.3) is 0 Å². The predicted octanol–water partition coefficient (Wildman–Crippen LogP) is 2.98. The maximum atomic E-state index is 5.95. The van der Waals surface area contributed by atoms with E-state index < -0.39 is 0 Å². The van der Waals surface area contributed by atoms with Crippen LogP contribution in [0, 0.1) is 0 Å². The molecule has 2 N–H and O–H groups in total. The Balaban J connectivity index is 1.95. The van der Waals surface area contributed by atoms with Crippen LogP contribution in [0.3, 0.4) is 0 Å².